The highest BCUT2D eigenvalue weighted by Crippen LogP contribution is 2.30. The summed E-state index contributed by atoms with van der Waals surface area (Å²) >= 11 is 0. The maximum atomic E-state index is 12.1. The Balaban J connectivity index is 2.32. The van der Waals surface area contributed by atoms with E-state index in [1.165, 1.54) is 0 Å². The lowest BCUT2D eigenvalue weighted by Crippen LogP contribution is -2.44. The molecule has 1 fully saturated rings. The highest BCUT2D eigenvalue weighted by molar-refractivity contribution is 4.81. The van der Waals surface area contributed by atoms with Gasteiger partial charge in [-0.25, -0.2) is 0 Å². The third kappa shape index (κ3) is 4.84. The first-order valence-corrected chi connectivity index (χ1v) is 6.29. The number of hydrogen-bond acceptors (Lipinski definition) is 2. The molecular weight excluding hydrogens is 231 g/mol. The van der Waals surface area contributed by atoms with Gasteiger partial charge in [-0.1, -0.05) is 26.7 Å². The van der Waals surface area contributed by atoms with Gasteiger partial charge in [-0.05, 0) is 24.7 Å². The Morgan fingerprint density at radius 1 is 1.29 bits per heavy atom. The summed E-state index contributed by atoms with van der Waals surface area (Å²) in [4.78, 5) is 0. The van der Waals surface area contributed by atoms with Crippen molar-refractivity contribution in [2.24, 2.45) is 11.8 Å². The van der Waals surface area contributed by atoms with Gasteiger partial charge < -0.3 is 10.4 Å². The predicted octanol–water partition coefficient (Wildman–Crippen LogP) is 2.71. The molecule has 0 aromatic heterocycles. The van der Waals surface area contributed by atoms with E-state index in [1.807, 2.05) is 0 Å². The zero-order valence-electron chi connectivity index (χ0n) is 10.4. The van der Waals surface area contributed by atoms with Gasteiger partial charge in [0, 0.05) is 12.6 Å². The van der Waals surface area contributed by atoms with Crippen LogP contribution in [0.4, 0.5) is 13.2 Å². The van der Waals surface area contributed by atoms with Crippen molar-refractivity contribution in [1.82, 2.24) is 5.32 Å². The van der Waals surface area contributed by atoms with E-state index in [0.29, 0.717) is 11.8 Å². The van der Waals surface area contributed by atoms with E-state index >= 15 is 0 Å². The van der Waals surface area contributed by atoms with Crippen LogP contribution in [0, 0.1) is 11.8 Å². The predicted molar refractivity (Wildman–Crippen MR) is 60.6 cm³/mol. The van der Waals surface area contributed by atoms with Crippen LogP contribution >= 0.6 is 0 Å². The molecule has 3 atom stereocenters. The van der Waals surface area contributed by atoms with Crippen LogP contribution in [0.5, 0.6) is 0 Å². The van der Waals surface area contributed by atoms with Crippen LogP contribution in [0.2, 0.25) is 0 Å². The summed E-state index contributed by atoms with van der Waals surface area (Å²) in [5, 5.41) is 11.7. The van der Waals surface area contributed by atoms with E-state index in [1.54, 1.807) is 0 Å². The molecule has 0 aromatic rings. The Hall–Kier alpha value is -0.290. The van der Waals surface area contributed by atoms with E-state index in [-0.39, 0.29) is 12.6 Å². The fourth-order valence-electron chi connectivity index (χ4n) is 2.41. The summed E-state index contributed by atoms with van der Waals surface area (Å²) in [7, 11) is 0. The molecule has 1 aliphatic rings. The Kier molecular flexibility index (Phi) is 5.25. The van der Waals surface area contributed by atoms with Crippen LogP contribution in [0.3, 0.4) is 0 Å². The second-order valence-electron chi connectivity index (χ2n) is 5.33. The molecule has 1 rings (SSSR count). The van der Waals surface area contributed by atoms with E-state index in [2.05, 4.69) is 19.2 Å². The lowest BCUT2D eigenvalue weighted by atomic mass is 9.79. The van der Waals surface area contributed by atoms with Gasteiger partial charge in [-0.15, -0.1) is 0 Å². The first-order valence-electron chi connectivity index (χ1n) is 6.29. The number of hydrogen-bond donors (Lipinski definition) is 2. The van der Waals surface area contributed by atoms with Gasteiger partial charge in [-0.2, -0.15) is 13.2 Å². The van der Waals surface area contributed by atoms with E-state index in [4.69, 9.17) is 5.11 Å². The van der Waals surface area contributed by atoms with Crippen LogP contribution in [0.25, 0.3) is 0 Å². The summed E-state index contributed by atoms with van der Waals surface area (Å²) < 4.78 is 36.4. The van der Waals surface area contributed by atoms with Gasteiger partial charge >= 0.3 is 6.18 Å². The Morgan fingerprint density at radius 2 is 1.94 bits per heavy atom. The molecule has 0 aliphatic heterocycles. The van der Waals surface area contributed by atoms with Gasteiger partial charge in [0.25, 0.3) is 0 Å². The molecule has 0 heterocycles. The maximum Gasteiger partial charge on any atom is 0.415 e. The zero-order chi connectivity index (χ0) is 13.1. The van der Waals surface area contributed by atoms with Crippen molar-refractivity contribution in [3.8, 4) is 0 Å². The first-order chi connectivity index (χ1) is 7.80. The summed E-state index contributed by atoms with van der Waals surface area (Å²) in [6.07, 6.45) is -2.71. The van der Waals surface area contributed by atoms with Crippen molar-refractivity contribution in [3.63, 3.8) is 0 Å². The van der Waals surface area contributed by atoms with Crippen molar-refractivity contribution in [1.29, 1.82) is 0 Å². The van der Waals surface area contributed by atoms with E-state index in [0.717, 1.165) is 25.7 Å². The number of aliphatic hydroxyl groups excluding tert-OH is 1. The van der Waals surface area contributed by atoms with Crippen LogP contribution in [-0.2, 0) is 0 Å². The number of nitrogens with one attached hydrogen (secondary N) is 1. The summed E-state index contributed by atoms with van der Waals surface area (Å²) in [5.41, 5.74) is 0. The molecule has 1 aliphatic carbocycles. The standard InChI is InChI=1S/C12H22F3NO/c1-8(2)9-4-3-5-10(6-9)16-7-11(17)12(13,14)15/h8-11,16-17H,3-7H2,1-2H3. The van der Waals surface area contributed by atoms with Gasteiger partial charge in [-0.3, -0.25) is 0 Å². The summed E-state index contributed by atoms with van der Waals surface area (Å²) in [6, 6.07) is 0.119. The summed E-state index contributed by atoms with van der Waals surface area (Å²) in [5.74, 6) is 1.16. The molecule has 2 N–H and O–H groups in total. The second-order valence-corrected chi connectivity index (χ2v) is 5.33. The zero-order valence-corrected chi connectivity index (χ0v) is 10.4. The minimum Gasteiger partial charge on any atom is -0.382 e. The molecule has 2 nitrogen and oxygen atoms in total. The Morgan fingerprint density at radius 3 is 2.47 bits per heavy atom. The highest BCUT2D eigenvalue weighted by Gasteiger charge is 2.38. The highest BCUT2D eigenvalue weighted by atomic mass is 19.4. The number of alkyl halides is 3. The minimum absolute atomic E-state index is 0.119. The molecular formula is C12H22F3NO. The van der Waals surface area contributed by atoms with Crippen LogP contribution in [0.15, 0.2) is 0 Å². The van der Waals surface area contributed by atoms with E-state index in [9.17, 15) is 13.2 Å². The van der Waals surface area contributed by atoms with Crippen molar-refractivity contribution < 1.29 is 18.3 Å². The van der Waals surface area contributed by atoms with Crippen molar-refractivity contribution in [3.05, 3.63) is 0 Å². The van der Waals surface area contributed by atoms with Crippen molar-refractivity contribution in [2.45, 2.75) is 57.9 Å². The number of halogens is 3. The first kappa shape index (κ1) is 14.8. The Labute approximate surface area is 101 Å². The van der Waals surface area contributed by atoms with Crippen molar-refractivity contribution >= 4 is 0 Å². The van der Waals surface area contributed by atoms with Gasteiger partial charge in [0.05, 0.1) is 0 Å². The van der Waals surface area contributed by atoms with Gasteiger partial charge in [0.1, 0.15) is 0 Å². The summed E-state index contributed by atoms with van der Waals surface area (Å²) in [6.45, 7) is 3.91. The fraction of sp³-hybridized carbons (Fsp3) is 1.00. The van der Waals surface area contributed by atoms with Crippen LogP contribution < -0.4 is 5.32 Å². The van der Waals surface area contributed by atoms with Crippen LogP contribution in [-0.4, -0.2) is 30.0 Å². The molecule has 1 saturated carbocycles. The quantitative estimate of drug-likeness (QED) is 0.807. The molecule has 17 heavy (non-hydrogen) atoms. The molecule has 0 saturated heterocycles. The second kappa shape index (κ2) is 6.05. The smallest absolute Gasteiger partial charge is 0.382 e. The molecule has 0 aromatic carbocycles. The average molecular weight is 253 g/mol. The molecule has 0 radical (unpaired) electrons. The number of aliphatic hydroxyl groups is 1. The third-order valence-corrected chi connectivity index (χ3v) is 3.64. The molecule has 3 unspecified atom stereocenters. The Bertz CT molecular complexity index is 230. The SMILES string of the molecule is CC(C)C1CCCC(NCC(O)C(F)(F)F)C1. The molecule has 0 bridgehead atoms. The molecule has 0 amide bonds. The number of rotatable bonds is 4. The lowest BCUT2D eigenvalue weighted by molar-refractivity contribution is -0.202. The fourth-order valence-corrected chi connectivity index (χ4v) is 2.41. The van der Waals surface area contributed by atoms with E-state index < -0.39 is 12.3 Å². The molecule has 102 valence electrons. The molecule has 0 spiro atoms. The third-order valence-electron chi connectivity index (χ3n) is 3.64. The maximum absolute atomic E-state index is 12.1. The topological polar surface area (TPSA) is 32.3 Å². The lowest BCUT2D eigenvalue weighted by Gasteiger charge is -2.32. The molecule has 5 heteroatoms. The minimum atomic E-state index is -4.51. The van der Waals surface area contributed by atoms with Gasteiger partial charge in [0.15, 0.2) is 6.10 Å². The monoisotopic (exact) mass is 253 g/mol. The van der Waals surface area contributed by atoms with Crippen LogP contribution in [0.1, 0.15) is 39.5 Å². The van der Waals surface area contributed by atoms with Crippen molar-refractivity contribution in [2.75, 3.05) is 6.54 Å². The largest absolute Gasteiger partial charge is 0.415 e. The normalized spacial score (nSPS) is 28.4. The average Bonchev–Trinajstić information content (AvgIpc) is 2.25. The van der Waals surface area contributed by atoms with Gasteiger partial charge in [0.2, 0.25) is 0 Å².